The molecule has 1 aliphatic rings. The molecule has 0 amide bonds. The highest BCUT2D eigenvalue weighted by Gasteiger charge is 2.23. The molecule has 2 heterocycles. The van der Waals surface area contributed by atoms with Crippen molar-refractivity contribution in [2.45, 2.75) is 52.1 Å². The number of aryl methyl sites for hydroxylation is 1. The molecule has 24 heavy (non-hydrogen) atoms. The molecule has 1 saturated heterocycles. The van der Waals surface area contributed by atoms with Crippen LogP contribution >= 0.6 is 23.2 Å². The first kappa shape index (κ1) is 17.3. The summed E-state index contributed by atoms with van der Waals surface area (Å²) in [6.07, 6.45) is 5.46. The van der Waals surface area contributed by atoms with Gasteiger partial charge in [-0.3, -0.25) is 5.01 Å². The highest BCUT2D eigenvalue weighted by atomic mass is 35.5. The van der Waals surface area contributed by atoms with Gasteiger partial charge in [0.25, 0.3) is 0 Å². The van der Waals surface area contributed by atoms with E-state index in [1.165, 1.54) is 19.3 Å². The maximum Gasteiger partial charge on any atom is 0.142 e. The van der Waals surface area contributed by atoms with Crippen LogP contribution in [0, 0.1) is 6.92 Å². The summed E-state index contributed by atoms with van der Waals surface area (Å²) in [4.78, 5) is 0. The number of hydrazone groups is 1. The van der Waals surface area contributed by atoms with Crippen LogP contribution in [0.5, 0.6) is 0 Å². The van der Waals surface area contributed by atoms with E-state index in [0.29, 0.717) is 22.3 Å². The van der Waals surface area contributed by atoms with Crippen LogP contribution in [0.15, 0.2) is 29.4 Å². The van der Waals surface area contributed by atoms with Gasteiger partial charge in [-0.15, -0.1) is 0 Å². The summed E-state index contributed by atoms with van der Waals surface area (Å²) in [5.74, 6) is 0. The zero-order chi connectivity index (χ0) is 17.3. The third-order valence-electron chi connectivity index (χ3n) is 4.57. The predicted molar refractivity (Wildman–Crippen MR) is 101 cm³/mol. The van der Waals surface area contributed by atoms with Gasteiger partial charge < -0.3 is 0 Å². The highest BCUT2D eigenvalue weighted by Crippen LogP contribution is 2.26. The van der Waals surface area contributed by atoms with Gasteiger partial charge in [-0.1, -0.05) is 29.3 Å². The fraction of sp³-hybridized carbons (Fsp3) is 0.444. The first-order chi connectivity index (χ1) is 11.5. The van der Waals surface area contributed by atoms with E-state index in [2.05, 4.69) is 24.0 Å². The molecule has 2 atom stereocenters. The van der Waals surface area contributed by atoms with Crippen LogP contribution in [0.4, 0.5) is 0 Å². The number of rotatable bonds is 3. The lowest BCUT2D eigenvalue weighted by molar-refractivity contribution is 0.109. The first-order valence-electron chi connectivity index (χ1n) is 8.30. The molecule has 1 aromatic carbocycles. The number of halogens is 2. The summed E-state index contributed by atoms with van der Waals surface area (Å²) < 4.78 is 1.70. The Balaban J connectivity index is 1.91. The standard InChI is InChI=1S/C18H22Cl2N4/c1-12-6-4-7-13(2)23(12)21-11-17-14(3)22-24(18(17)20)16-9-5-8-15(19)10-16/h5,8-13H,4,6-7H2,1-3H3/t12-,13-/m0/s1. The fourth-order valence-corrected chi connectivity index (χ4v) is 3.70. The molecule has 6 heteroatoms. The zero-order valence-corrected chi connectivity index (χ0v) is 15.7. The molecule has 0 aliphatic carbocycles. The van der Waals surface area contributed by atoms with Gasteiger partial charge in [0.05, 0.1) is 23.2 Å². The zero-order valence-electron chi connectivity index (χ0n) is 14.2. The lowest BCUT2D eigenvalue weighted by Gasteiger charge is -2.36. The normalized spacial score (nSPS) is 21.6. The fourth-order valence-electron chi connectivity index (χ4n) is 3.20. The Labute approximate surface area is 153 Å². The topological polar surface area (TPSA) is 33.4 Å². The third kappa shape index (κ3) is 3.45. The van der Waals surface area contributed by atoms with Crippen molar-refractivity contribution in [2.75, 3.05) is 0 Å². The molecule has 3 rings (SSSR count). The number of piperidine rings is 1. The Kier molecular flexibility index (Phi) is 5.16. The Morgan fingerprint density at radius 2 is 1.92 bits per heavy atom. The number of nitrogens with zero attached hydrogens (tertiary/aromatic N) is 4. The summed E-state index contributed by atoms with van der Waals surface area (Å²) in [6.45, 7) is 6.38. The van der Waals surface area contributed by atoms with Crippen LogP contribution < -0.4 is 0 Å². The summed E-state index contributed by atoms with van der Waals surface area (Å²) in [6, 6.07) is 8.39. The smallest absolute Gasteiger partial charge is 0.142 e. The first-order valence-corrected chi connectivity index (χ1v) is 9.06. The van der Waals surface area contributed by atoms with E-state index in [0.717, 1.165) is 16.9 Å². The molecule has 1 aromatic heterocycles. The maximum atomic E-state index is 6.55. The number of benzene rings is 1. The molecule has 0 spiro atoms. The van der Waals surface area contributed by atoms with Crippen molar-refractivity contribution < 1.29 is 0 Å². The minimum Gasteiger partial charge on any atom is -0.292 e. The summed E-state index contributed by atoms with van der Waals surface area (Å²) in [5, 5.41) is 12.6. The third-order valence-corrected chi connectivity index (χ3v) is 5.17. The summed E-state index contributed by atoms with van der Waals surface area (Å²) in [7, 11) is 0. The molecule has 128 valence electrons. The van der Waals surface area contributed by atoms with E-state index >= 15 is 0 Å². The number of aromatic nitrogens is 2. The van der Waals surface area contributed by atoms with Crippen LogP contribution in [-0.2, 0) is 0 Å². The van der Waals surface area contributed by atoms with Crippen LogP contribution in [0.1, 0.15) is 44.4 Å². The Bertz CT molecular complexity index is 743. The second-order valence-electron chi connectivity index (χ2n) is 6.44. The second kappa shape index (κ2) is 7.16. The van der Waals surface area contributed by atoms with Gasteiger partial charge in [0.15, 0.2) is 0 Å². The van der Waals surface area contributed by atoms with E-state index in [-0.39, 0.29) is 0 Å². The molecular weight excluding hydrogens is 343 g/mol. The molecule has 2 aromatic rings. The highest BCUT2D eigenvalue weighted by molar-refractivity contribution is 6.32. The van der Waals surface area contributed by atoms with Gasteiger partial charge in [0, 0.05) is 17.1 Å². The Hall–Kier alpha value is -1.52. The molecule has 1 aliphatic heterocycles. The molecular formula is C18H22Cl2N4. The van der Waals surface area contributed by atoms with Crippen molar-refractivity contribution in [3.8, 4) is 5.69 Å². The second-order valence-corrected chi connectivity index (χ2v) is 7.23. The van der Waals surface area contributed by atoms with Crippen molar-refractivity contribution in [2.24, 2.45) is 5.10 Å². The molecule has 0 saturated carbocycles. The van der Waals surface area contributed by atoms with Crippen molar-refractivity contribution in [1.82, 2.24) is 14.8 Å². The molecule has 4 nitrogen and oxygen atoms in total. The number of hydrogen-bond donors (Lipinski definition) is 0. The average molecular weight is 365 g/mol. The lowest BCUT2D eigenvalue weighted by Crippen LogP contribution is -2.39. The van der Waals surface area contributed by atoms with Gasteiger partial charge in [0.1, 0.15) is 5.15 Å². The molecule has 0 bridgehead atoms. The molecule has 1 fully saturated rings. The van der Waals surface area contributed by atoms with Crippen molar-refractivity contribution in [3.63, 3.8) is 0 Å². The minimum atomic E-state index is 0.451. The molecule has 0 radical (unpaired) electrons. The Morgan fingerprint density at radius 3 is 2.58 bits per heavy atom. The van der Waals surface area contributed by atoms with Crippen molar-refractivity contribution in [1.29, 1.82) is 0 Å². The number of hydrogen-bond acceptors (Lipinski definition) is 3. The van der Waals surface area contributed by atoms with Crippen molar-refractivity contribution in [3.05, 3.63) is 45.7 Å². The van der Waals surface area contributed by atoms with E-state index < -0.39 is 0 Å². The largest absolute Gasteiger partial charge is 0.292 e. The van der Waals surface area contributed by atoms with Gasteiger partial charge in [0.2, 0.25) is 0 Å². The molecule has 0 unspecified atom stereocenters. The maximum absolute atomic E-state index is 6.55. The van der Waals surface area contributed by atoms with Gasteiger partial charge in [-0.05, 0) is 58.2 Å². The van der Waals surface area contributed by atoms with E-state index in [1.807, 2.05) is 37.4 Å². The molecule has 0 N–H and O–H groups in total. The quantitative estimate of drug-likeness (QED) is 0.711. The van der Waals surface area contributed by atoms with Crippen molar-refractivity contribution >= 4 is 29.4 Å². The van der Waals surface area contributed by atoms with Crippen LogP contribution in [0.2, 0.25) is 10.2 Å². The SMILES string of the molecule is Cc1nn(-c2cccc(Cl)c2)c(Cl)c1C=NN1[C@@H](C)CCC[C@@H]1C. The van der Waals surface area contributed by atoms with E-state index in [9.17, 15) is 0 Å². The van der Waals surface area contributed by atoms with E-state index in [4.69, 9.17) is 28.3 Å². The van der Waals surface area contributed by atoms with Gasteiger partial charge in [-0.25, -0.2) is 4.68 Å². The van der Waals surface area contributed by atoms with Crippen LogP contribution in [0.25, 0.3) is 5.69 Å². The van der Waals surface area contributed by atoms with Crippen LogP contribution in [0.3, 0.4) is 0 Å². The predicted octanol–water partition coefficient (Wildman–Crippen LogP) is 5.08. The van der Waals surface area contributed by atoms with Gasteiger partial charge >= 0.3 is 0 Å². The Morgan fingerprint density at radius 1 is 1.21 bits per heavy atom. The lowest BCUT2D eigenvalue weighted by atomic mass is 10.00. The van der Waals surface area contributed by atoms with Crippen LogP contribution in [-0.4, -0.2) is 33.1 Å². The summed E-state index contributed by atoms with van der Waals surface area (Å²) in [5.41, 5.74) is 2.54. The van der Waals surface area contributed by atoms with Gasteiger partial charge in [-0.2, -0.15) is 10.2 Å². The van der Waals surface area contributed by atoms with E-state index in [1.54, 1.807) is 4.68 Å². The minimum absolute atomic E-state index is 0.451. The summed E-state index contributed by atoms with van der Waals surface area (Å²) >= 11 is 12.6. The monoisotopic (exact) mass is 364 g/mol. The average Bonchev–Trinajstić information content (AvgIpc) is 2.82.